The number of carbonyl (C=O) groups excluding carboxylic acids is 3. The zero-order chi connectivity index (χ0) is 24.1. The smallest absolute Gasteiger partial charge is 0.240 e. The molecule has 0 spiro atoms. The Labute approximate surface area is 200 Å². The first-order valence-electron chi connectivity index (χ1n) is 12.0. The third kappa shape index (κ3) is 5.58. The molecule has 0 unspecified atom stereocenters. The Bertz CT molecular complexity index is 1010. The van der Waals surface area contributed by atoms with Crippen LogP contribution in [0.15, 0.2) is 54.6 Å². The molecule has 0 radical (unpaired) electrons. The third-order valence-electron chi connectivity index (χ3n) is 7.23. The molecule has 0 aliphatic carbocycles. The number of likely N-dealkylation sites (tertiary alicyclic amines) is 2. The van der Waals surface area contributed by atoms with E-state index in [1.807, 2.05) is 59.5 Å². The molecular formula is C27H33N3O4. The number of benzene rings is 2. The maximum absolute atomic E-state index is 13.1. The van der Waals surface area contributed by atoms with Gasteiger partial charge in [-0.3, -0.25) is 14.4 Å². The zero-order valence-electron chi connectivity index (χ0n) is 19.7. The van der Waals surface area contributed by atoms with Gasteiger partial charge in [-0.15, -0.1) is 0 Å². The Morgan fingerprint density at radius 3 is 2.38 bits per heavy atom. The molecule has 34 heavy (non-hydrogen) atoms. The van der Waals surface area contributed by atoms with Gasteiger partial charge >= 0.3 is 0 Å². The SMILES string of the molecule is COc1ccc(CC(=O)N2CC[C@H]3CC(=O)N([C@@H](Cc4ccccc4)C(N)=O)CC[C@H]3C2)cc1. The van der Waals surface area contributed by atoms with E-state index in [0.29, 0.717) is 38.9 Å². The molecule has 0 bridgehead atoms. The zero-order valence-corrected chi connectivity index (χ0v) is 19.7. The summed E-state index contributed by atoms with van der Waals surface area (Å²) in [7, 11) is 1.62. The lowest BCUT2D eigenvalue weighted by molar-refractivity contribution is -0.139. The van der Waals surface area contributed by atoms with E-state index in [1.165, 1.54) is 0 Å². The van der Waals surface area contributed by atoms with Crippen molar-refractivity contribution in [2.75, 3.05) is 26.7 Å². The highest BCUT2D eigenvalue weighted by Crippen LogP contribution is 2.33. The summed E-state index contributed by atoms with van der Waals surface area (Å²) in [6, 6.07) is 16.6. The Morgan fingerprint density at radius 1 is 1.00 bits per heavy atom. The highest BCUT2D eigenvalue weighted by Gasteiger charge is 2.39. The molecule has 4 rings (SSSR count). The fourth-order valence-corrected chi connectivity index (χ4v) is 5.24. The lowest BCUT2D eigenvalue weighted by Gasteiger charge is -2.37. The van der Waals surface area contributed by atoms with Crippen molar-refractivity contribution in [1.82, 2.24) is 9.80 Å². The summed E-state index contributed by atoms with van der Waals surface area (Å²) < 4.78 is 5.19. The summed E-state index contributed by atoms with van der Waals surface area (Å²) in [4.78, 5) is 42.0. The van der Waals surface area contributed by atoms with Crippen LogP contribution in [0.3, 0.4) is 0 Å². The minimum absolute atomic E-state index is 0.00904. The number of nitrogens with two attached hydrogens (primary N) is 1. The monoisotopic (exact) mass is 463 g/mol. The van der Waals surface area contributed by atoms with Crippen LogP contribution >= 0.6 is 0 Å². The van der Waals surface area contributed by atoms with Crippen molar-refractivity contribution < 1.29 is 19.1 Å². The van der Waals surface area contributed by atoms with Crippen LogP contribution in [0.1, 0.15) is 30.4 Å². The largest absolute Gasteiger partial charge is 0.497 e. The molecule has 0 saturated carbocycles. The van der Waals surface area contributed by atoms with E-state index in [2.05, 4.69) is 0 Å². The Kier molecular flexibility index (Phi) is 7.50. The van der Waals surface area contributed by atoms with Gasteiger partial charge in [0.05, 0.1) is 13.5 Å². The summed E-state index contributed by atoms with van der Waals surface area (Å²) in [6.45, 7) is 1.80. The normalized spacial score (nSPS) is 21.4. The Hall–Kier alpha value is -3.35. The summed E-state index contributed by atoms with van der Waals surface area (Å²) in [5.41, 5.74) is 7.68. The lowest BCUT2D eigenvalue weighted by atomic mass is 9.82. The van der Waals surface area contributed by atoms with Crippen molar-refractivity contribution in [2.24, 2.45) is 17.6 Å². The number of fused-ring (bicyclic) bond motifs is 1. The Balaban J connectivity index is 1.39. The number of carbonyl (C=O) groups is 3. The molecule has 3 amide bonds. The number of nitrogens with zero attached hydrogens (tertiary/aromatic N) is 2. The second kappa shape index (κ2) is 10.7. The van der Waals surface area contributed by atoms with Crippen molar-refractivity contribution in [3.8, 4) is 5.75 Å². The number of methoxy groups -OCH3 is 1. The van der Waals surface area contributed by atoms with Gasteiger partial charge in [0.2, 0.25) is 17.7 Å². The van der Waals surface area contributed by atoms with Crippen LogP contribution in [0.4, 0.5) is 0 Å². The first-order chi connectivity index (χ1) is 16.4. The van der Waals surface area contributed by atoms with Gasteiger partial charge in [-0.1, -0.05) is 42.5 Å². The van der Waals surface area contributed by atoms with E-state index >= 15 is 0 Å². The standard InChI is InChI=1S/C27H33N3O4/c1-34-23-9-7-20(8-10-23)16-25(31)29-13-11-21-17-26(32)30(14-12-22(21)18-29)24(27(28)33)15-19-5-3-2-4-6-19/h2-10,21-22,24H,11-18H2,1H3,(H2,28,33)/t21-,22-,24-/m0/s1. The average Bonchev–Trinajstić information content (AvgIpc) is 3.01. The number of piperidine rings is 1. The highest BCUT2D eigenvalue weighted by molar-refractivity contribution is 5.87. The average molecular weight is 464 g/mol. The summed E-state index contributed by atoms with van der Waals surface area (Å²) in [6.07, 6.45) is 2.75. The van der Waals surface area contributed by atoms with Gasteiger partial charge in [0, 0.05) is 32.5 Å². The number of primary amides is 1. The van der Waals surface area contributed by atoms with Crippen molar-refractivity contribution in [2.45, 2.75) is 38.1 Å². The van der Waals surface area contributed by atoms with Crippen molar-refractivity contribution in [3.63, 3.8) is 0 Å². The van der Waals surface area contributed by atoms with Gasteiger partial charge in [0.1, 0.15) is 11.8 Å². The third-order valence-corrected chi connectivity index (χ3v) is 7.23. The summed E-state index contributed by atoms with van der Waals surface area (Å²) in [5, 5.41) is 0. The molecule has 180 valence electrons. The molecule has 3 atom stereocenters. The fourth-order valence-electron chi connectivity index (χ4n) is 5.24. The molecule has 7 nitrogen and oxygen atoms in total. The van der Waals surface area contributed by atoms with Gasteiger partial charge in [0.15, 0.2) is 0 Å². The lowest BCUT2D eigenvalue weighted by Crippen LogP contribution is -2.49. The van der Waals surface area contributed by atoms with E-state index in [0.717, 1.165) is 29.7 Å². The summed E-state index contributed by atoms with van der Waals surface area (Å²) in [5.74, 6) is 0.866. The fraction of sp³-hybridized carbons (Fsp3) is 0.444. The van der Waals surface area contributed by atoms with Crippen molar-refractivity contribution in [3.05, 3.63) is 65.7 Å². The number of hydrogen-bond acceptors (Lipinski definition) is 4. The second-order valence-electron chi connectivity index (χ2n) is 9.36. The molecule has 7 heteroatoms. The minimum atomic E-state index is -0.650. The van der Waals surface area contributed by atoms with Gasteiger partial charge in [-0.05, 0) is 47.9 Å². The number of rotatable bonds is 7. The quantitative estimate of drug-likeness (QED) is 0.683. The molecule has 2 N–H and O–H groups in total. The second-order valence-corrected chi connectivity index (χ2v) is 9.36. The molecule has 0 aromatic heterocycles. The predicted molar refractivity (Wildman–Crippen MR) is 129 cm³/mol. The molecule has 2 aromatic carbocycles. The molecule has 2 aromatic rings. The van der Waals surface area contributed by atoms with Crippen LogP contribution in [-0.2, 0) is 27.2 Å². The number of ether oxygens (including phenoxy) is 1. The predicted octanol–water partition coefficient (Wildman–Crippen LogP) is 2.42. The highest BCUT2D eigenvalue weighted by atomic mass is 16.5. The van der Waals surface area contributed by atoms with E-state index in [4.69, 9.17) is 10.5 Å². The van der Waals surface area contributed by atoms with E-state index in [-0.39, 0.29) is 23.7 Å². The van der Waals surface area contributed by atoms with Gasteiger partial charge in [-0.2, -0.15) is 0 Å². The summed E-state index contributed by atoms with van der Waals surface area (Å²) >= 11 is 0. The maximum Gasteiger partial charge on any atom is 0.240 e. The van der Waals surface area contributed by atoms with E-state index in [9.17, 15) is 14.4 Å². The molecule has 2 fully saturated rings. The Morgan fingerprint density at radius 2 is 1.71 bits per heavy atom. The first kappa shape index (κ1) is 23.8. The van der Waals surface area contributed by atoms with Crippen molar-refractivity contribution in [1.29, 1.82) is 0 Å². The molecule has 2 saturated heterocycles. The van der Waals surface area contributed by atoms with E-state index in [1.54, 1.807) is 12.0 Å². The van der Waals surface area contributed by atoms with Gasteiger partial charge in [-0.25, -0.2) is 0 Å². The topological polar surface area (TPSA) is 92.9 Å². The van der Waals surface area contributed by atoms with Crippen LogP contribution in [0.25, 0.3) is 0 Å². The molecular weight excluding hydrogens is 430 g/mol. The van der Waals surface area contributed by atoms with E-state index < -0.39 is 11.9 Å². The maximum atomic E-state index is 13.1. The molecule has 2 heterocycles. The van der Waals surface area contributed by atoms with Gasteiger partial charge in [0.25, 0.3) is 0 Å². The molecule has 2 aliphatic heterocycles. The van der Waals surface area contributed by atoms with Crippen LogP contribution in [-0.4, -0.2) is 60.3 Å². The van der Waals surface area contributed by atoms with Crippen LogP contribution in [0.5, 0.6) is 5.75 Å². The van der Waals surface area contributed by atoms with Crippen molar-refractivity contribution >= 4 is 17.7 Å². The minimum Gasteiger partial charge on any atom is -0.497 e. The van der Waals surface area contributed by atoms with Crippen LogP contribution in [0.2, 0.25) is 0 Å². The first-order valence-corrected chi connectivity index (χ1v) is 12.0. The van der Waals surface area contributed by atoms with Crippen LogP contribution < -0.4 is 10.5 Å². The number of amides is 3. The van der Waals surface area contributed by atoms with Gasteiger partial charge < -0.3 is 20.3 Å². The molecule has 2 aliphatic rings. The van der Waals surface area contributed by atoms with Crippen LogP contribution in [0, 0.1) is 11.8 Å². The number of hydrogen-bond donors (Lipinski definition) is 1.